The molecule has 194 valence electrons. The third-order valence-corrected chi connectivity index (χ3v) is 11.1. The van der Waals surface area contributed by atoms with Crippen molar-refractivity contribution in [2.24, 2.45) is 16.7 Å². The van der Waals surface area contributed by atoms with Gasteiger partial charge in [0.25, 0.3) is 0 Å². The second kappa shape index (κ2) is 11.2. The minimum atomic E-state index is -4.00. The molecule has 36 heavy (non-hydrogen) atoms. The van der Waals surface area contributed by atoms with Crippen LogP contribution in [0.2, 0.25) is 5.32 Å². The third-order valence-electron chi connectivity index (χ3n) is 6.76. The van der Waals surface area contributed by atoms with Gasteiger partial charge in [0.2, 0.25) is 0 Å². The number of hydrogen-bond donors (Lipinski definition) is 0. The van der Waals surface area contributed by atoms with Crippen LogP contribution in [0.5, 0.6) is 0 Å². The van der Waals surface area contributed by atoms with Crippen molar-refractivity contribution >= 4 is 47.2 Å². The van der Waals surface area contributed by atoms with Gasteiger partial charge < -0.3 is 0 Å². The van der Waals surface area contributed by atoms with Crippen molar-refractivity contribution in [3.05, 3.63) is 60.2 Å². The minimum absolute atomic E-state index is 0.0531. The van der Waals surface area contributed by atoms with Gasteiger partial charge in [0.15, 0.2) is 0 Å². The summed E-state index contributed by atoms with van der Waals surface area (Å²) in [7, 11) is -0.524. The van der Waals surface area contributed by atoms with E-state index >= 15 is 0 Å². The first-order valence-electron chi connectivity index (χ1n) is 11.3. The molecule has 0 radical (unpaired) electrons. The molecule has 0 aliphatic heterocycles. The zero-order valence-electron chi connectivity index (χ0n) is 20.7. The summed E-state index contributed by atoms with van der Waals surface area (Å²) in [6, 6.07) is 15.9. The van der Waals surface area contributed by atoms with E-state index in [0.29, 0.717) is 5.32 Å². The Labute approximate surface area is 217 Å². The third kappa shape index (κ3) is 5.36. The van der Waals surface area contributed by atoms with Gasteiger partial charge in [-0.1, -0.05) is 0 Å². The molecule has 1 aliphatic carbocycles. The van der Waals surface area contributed by atoms with Gasteiger partial charge >= 0.3 is 218 Å². The predicted molar refractivity (Wildman–Crippen MR) is 134 cm³/mol. The molecule has 2 aromatic rings. The van der Waals surface area contributed by atoms with Gasteiger partial charge in [0.05, 0.1) is 0 Å². The summed E-state index contributed by atoms with van der Waals surface area (Å²) in [5.74, 6) is -3.75. The van der Waals surface area contributed by atoms with E-state index in [1.54, 1.807) is 12.1 Å². The first-order chi connectivity index (χ1) is 17.0. The number of rotatable bonds is 9. The first-order valence-corrected chi connectivity index (χ1v) is 15.0. The Balaban J connectivity index is 2.13. The monoisotopic (exact) mass is 582 g/mol. The molecule has 0 aromatic heterocycles. The van der Waals surface area contributed by atoms with Crippen molar-refractivity contribution in [3.8, 4) is 0 Å². The molecular weight excluding hydrogens is 551 g/mol. The Morgan fingerprint density at radius 3 is 1.97 bits per heavy atom. The summed E-state index contributed by atoms with van der Waals surface area (Å²) < 4.78 is 43.3. The second-order valence-corrected chi connectivity index (χ2v) is 13.3. The number of hydrogen-bond acceptors (Lipinski definition) is 8. The maximum absolute atomic E-state index is 13.6. The maximum atomic E-state index is 13.6. The van der Waals surface area contributed by atoms with Crippen molar-refractivity contribution < 1.29 is 37.0 Å². The summed E-state index contributed by atoms with van der Waals surface area (Å²) in [6.45, 7) is 1.84. The van der Waals surface area contributed by atoms with Crippen LogP contribution >= 0.6 is 0 Å². The Bertz CT molecular complexity index is 1190. The van der Waals surface area contributed by atoms with Crippen molar-refractivity contribution in [2.45, 2.75) is 30.0 Å². The van der Waals surface area contributed by atoms with E-state index < -0.39 is 50.2 Å². The van der Waals surface area contributed by atoms with Gasteiger partial charge in [-0.15, -0.1) is 0 Å². The normalized spacial score (nSPS) is 20.9. The summed E-state index contributed by atoms with van der Waals surface area (Å²) in [5, 5.41) is 0.408. The number of methoxy groups -OCH3 is 3. The Morgan fingerprint density at radius 1 is 0.889 bits per heavy atom. The van der Waals surface area contributed by atoms with Gasteiger partial charge in [0, 0.05) is 0 Å². The van der Waals surface area contributed by atoms with Crippen LogP contribution in [0, 0.1) is 23.7 Å². The van der Waals surface area contributed by atoms with E-state index in [4.69, 9.17) is 14.2 Å². The summed E-state index contributed by atoms with van der Waals surface area (Å²) in [5.41, 5.74) is -2.59. The molecule has 0 amide bonds. The summed E-state index contributed by atoms with van der Waals surface area (Å²) >= 11 is -0.166. The molecule has 0 spiro atoms. The van der Waals surface area contributed by atoms with Crippen molar-refractivity contribution in [1.82, 2.24) is 0 Å². The number of aryl methyl sites for hydroxylation is 1. The van der Waals surface area contributed by atoms with E-state index in [9.17, 15) is 22.8 Å². The molecule has 1 fully saturated rings. The number of ether oxygens (including phenoxy) is 3. The van der Waals surface area contributed by atoms with E-state index in [-0.39, 0.29) is 32.7 Å². The average Bonchev–Trinajstić information content (AvgIpc) is 3.22. The quantitative estimate of drug-likeness (QED) is 0.192. The Morgan fingerprint density at radius 2 is 1.44 bits per heavy atom. The molecular formula is C26H30O8SSe. The van der Waals surface area contributed by atoms with Crippen molar-refractivity contribution in [1.29, 1.82) is 0 Å². The predicted octanol–water partition coefficient (Wildman–Crippen LogP) is 2.12. The molecule has 2 unspecified atom stereocenters. The van der Waals surface area contributed by atoms with Crippen LogP contribution in [0.15, 0.2) is 59.5 Å². The fourth-order valence-electron chi connectivity index (χ4n) is 4.93. The standard InChI is InChI=1S/C26H30O8SSe/c1-18-10-12-20(13-11-18)35(30,31)17-26(24(29)34-4)16-25(22(27)32-2,23(28)33-3)14-19(26)15-36-21-8-6-5-7-9-21/h5-13,19H,14-17H2,1-4H3. The van der Waals surface area contributed by atoms with Crippen LogP contribution in [-0.4, -0.2) is 68.4 Å². The van der Waals surface area contributed by atoms with Gasteiger partial charge in [-0.2, -0.15) is 0 Å². The first kappa shape index (κ1) is 27.9. The van der Waals surface area contributed by atoms with Gasteiger partial charge in [-0.25, -0.2) is 0 Å². The number of benzene rings is 2. The van der Waals surface area contributed by atoms with Crippen LogP contribution in [0.25, 0.3) is 0 Å². The van der Waals surface area contributed by atoms with E-state index in [2.05, 4.69) is 0 Å². The van der Waals surface area contributed by atoms with Gasteiger partial charge in [-0.05, 0) is 0 Å². The molecule has 2 aromatic carbocycles. The van der Waals surface area contributed by atoms with Gasteiger partial charge in [0.1, 0.15) is 0 Å². The average molecular weight is 582 g/mol. The zero-order chi connectivity index (χ0) is 26.6. The molecule has 8 nitrogen and oxygen atoms in total. The van der Waals surface area contributed by atoms with Crippen LogP contribution in [0.3, 0.4) is 0 Å². The van der Waals surface area contributed by atoms with Gasteiger partial charge in [-0.3, -0.25) is 0 Å². The topological polar surface area (TPSA) is 113 Å². The number of carbonyl (C=O) groups excluding carboxylic acids is 3. The van der Waals surface area contributed by atoms with Crippen LogP contribution in [0.4, 0.5) is 0 Å². The molecule has 1 saturated carbocycles. The Hall–Kier alpha value is -2.68. The molecule has 1 aliphatic rings. The summed E-state index contributed by atoms with van der Waals surface area (Å²) in [4.78, 5) is 39.5. The Kier molecular flexibility index (Phi) is 8.64. The number of sulfone groups is 1. The fourth-order valence-corrected chi connectivity index (χ4v) is 9.25. The van der Waals surface area contributed by atoms with E-state index in [1.165, 1.54) is 19.2 Å². The molecule has 0 bridgehead atoms. The van der Waals surface area contributed by atoms with Crippen molar-refractivity contribution in [2.75, 3.05) is 27.1 Å². The van der Waals surface area contributed by atoms with Crippen LogP contribution in [0.1, 0.15) is 18.4 Å². The van der Waals surface area contributed by atoms with Crippen LogP contribution in [-0.2, 0) is 38.4 Å². The molecule has 10 heteroatoms. The van der Waals surface area contributed by atoms with E-state index in [1.807, 2.05) is 37.3 Å². The zero-order valence-corrected chi connectivity index (χ0v) is 23.2. The van der Waals surface area contributed by atoms with Crippen LogP contribution < -0.4 is 4.46 Å². The molecule has 3 rings (SSSR count). The number of esters is 3. The number of carbonyl (C=O) groups is 3. The summed E-state index contributed by atoms with van der Waals surface area (Å²) in [6.07, 6.45) is -0.466. The van der Waals surface area contributed by atoms with E-state index in [0.717, 1.165) is 24.2 Å². The second-order valence-electron chi connectivity index (χ2n) is 8.99. The molecule has 0 saturated heterocycles. The SMILES string of the molecule is COC(=O)C1(C(=O)OC)CC(C[Se]c2ccccc2)C(CS(=O)(=O)c2ccc(C)cc2)(C(=O)OC)C1. The molecule has 2 atom stereocenters. The molecule has 0 heterocycles. The van der Waals surface area contributed by atoms with Crippen molar-refractivity contribution in [3.63, 3.8) is 0 Å². The fraction of sp³-hybridized carbons (Fsp3) is 0.423. The molecule has 0 N–H and O–H groups in total.